The maximum absolute atomic E-state index is 4.95. The van der Waals surface area contributed by atoms with Crippen LogP contribution in [0.5, 0.6) is 0 Å². The number of hydrogen-bond acceptors (Lipinski definition) is 3. The minimum Gasteiger partial charge on any atom is -0.655 e. The molecule has 5 heteroatoms. The molecule has 87 valence electrons. The fourth-order valence-electron chi connectivity index (χ4n) is 1.78. The summed E-state index contributed by atoms with van der Waals surface area (Å²) < 4.78 is 4.95. The molecule has 17 heavy (non-hydrogen) atoms. The molecule has 0 amide bonds. The van der Waals surface area contributed by atoms with Crippen molar-refractivity contribution >= 4 is 0 Å². The average Bonchev–Trinajstić information content (AvgIpc) is 2.84. The van der Waals surface area contributed by atoms with Crippen LogP contribution in [0.4, 0.5) is 0 Å². The van der Waals surface area contributed by atoms with Gasteiger partial charge in [-0.25, -0.2) is 0 Å². The third-order valence-electron chi connectivity index (χ3n) is 2.56. The summed E-state index contributed by atoms with van der Waals surface area (Å²) in [5.74, 6) is 1.25. The summed E-state index contributed by atoms with van der Waals surface area (Å²) in [6.07, 6.45) is 0. The van der Waals surface area contributed by atoms with E-state index in [0.29, 0.717) is 11.7 Å². The van der Waals surface area contributed by atoms with Crippen LogP contribution < -0.4 is 0 Å². The molecule has 0 spiro atoms. The van der Waals surface area contributed by atoms with Crippen molar-refractivity contribution in [2.45, 2.75) is 20.0 Å². The molecule has 0 fully saturated rings. The summed E-state index contributed by atoms with van der Waals surface area (Å²) in [7, 11) is 0. The second-order valence-electron chi connectivity index (χ2n) is 3.66. The van der Waals surface area contributed by atoms with Gasteiger partial charge in [0.15, 0.2) is 0 Å². The molecule has 1 aliphatic rings. The maximum Gasteiger partial charge on any atom is 0.223 e. The van der Waals surface area contributed by atoms with E-state index in [2.05, 4.69) is 27.6 Å². The zero-order valence-electron chi connectivity index (χ0n) is 9.97. The molecule has 1 aromatic carbocycles. The van der Waals surface area contributed by atoms with Crippen LogP contribution >= 0.6 is 0 Å². The molecule has 1 aromatic heterocycles. The van der Waals surface area contributed by atoms with Gasteiger partial charge in [-0.1, -0.05) is 28.4 Å². The van der Waals surface area contributed by atoms with Gasteiger partial charge < -0.3 is 17.3 Å². The molecule has 1 aliphatic heterocycles. The van der Waals surface area contributed by atoms with Crippen molar-refractivity contribution in [2.75, 3.05) is 0 Å². The van der Waals surface area contributed by atoms with Gasteiger partial charge in [0.05, 0.1) is 0 Å². The number of benzene rings is 1. The normalized spacial score (nSPS) is 12.5. The monoisotopic (exact) mass is 304 g/mol. The van der Waals surface area contributed by atoms with Crippen LogP contribution in [0.15, 0.2) is 22.7 Å². The van der Waals surface area contributed by atoms with E-state index in [9.17, 15) is 0 Å². The van der Waals surface area contributed by atoms with Crippen LogP contribution in [0, 0.1) is 14.4 Å². The van der Waals surface area contributed by atoms with Crippen molar-refractivity contribution in [3.8, 4) is 11.4 Å². The smallest absolute Gasteiger partial charge is 0.223 e. The van der Waals surface area contributed by atoms with Crippen LogP contribution in [0.1, 0.15) is 17.0 Å². The largest absolute Gasteiger partial charge is 0.655 e. The van der Waals surface area contributed by atoms with Gasteiger partial charge in [0, 0.05) is 45.2 Å². The van der Waals surface area contributed by atoms with E-state index in [0.717, 1.165) is 18.7 Å². The Hall–Kier alpha value is -0.576. The number of aromatic nitrogens is 2. The molecule has 0 saturated carbocycles. The van der Waals surface area contributed by atoms with Gasteiger partial charge in [-0.05, 0) is 6.07 Å². The molecule has 0 N–H and O–H groups in total. The Morgan fingerprint density at radius 3 is 2.71 bits per heavy atom. The second kappa shape index (κ2) is 5.85. The Balaban J connectivity index is 0.000000722. The maximum atomic E-state index is 4.95. The van der Waals surface area contributed by atoms with Crippen molar-refractivity contribution in [1.82, 2.24) is 10.1 Å². The Bertz CT molecular complexity index is 510. The topological polar surface area (TPSA) is 53.0 Å². The molecule has 0 aliphatic carbocycles. The zero-order chi connectivity index (χ0) is 10.3. The van der Waals surface area contributed by atoms with Crippen LogP contribution in [-0.2, 0) is 45.8 Å². The van der Waals surface area contributed by atoms with Gasteiger partial charge in [-0.2, -0.15) is 4.98 Å². The van der Waals surface area contributed by atoms with E-state index in [1.807, 2.05) is 6.07 Å². The molecule has 0 atom stereocenters. The molecule has 4 nitrogen and oxygen atoms in total. The minimum absolute atomic E-state index is 0. The van der Waals surface area contributed by atoms with E-state index in [1.54, 1.807) is 6.92 Å². The molecule has 0 bridgehead atoms. The molecule has 0 saturated heterocycles. The standard InChI is InChI=1S/C11H10N3O.CH3.Y/c1-7-13-11(14-15-7)8-2-3-9-5-12-6-10(9)4-8;;/h2-4H,5-6H2,1H3;1H3;/q2*-1;. The van der Waals surface area contributed by atoms with Gasteiger partial charge in [-0.15, -0.1) is 13.1 Å². The van der Waals surface area contributed by atoms with Crippen molar-refractivity contribution in [1.29, 1.82) is 0 Å². The summed E-state index contributed by atoms with van der Waals surface area (Å²) in [5.41, 5.74) is 3.58. The predicted molar refractivity (Wildman–Crippen MR) is 61.7 cm³/mol. The molecule has 3 rings (SSSR count). The average molecular weight is 304 g/mol. The zero-order valence-corrected chi connectivity index (χ0v) is 12.8. The fourth-order valence-corrected chi connectivity index (χ4v) is 1.78. The van der Waals surface area contributed by atoms with E-state index < -0.39 is 0 Å². The first-order valence-electron chi connectivity index (χ1n) is 4.89. The van der Waals surface area contributed by atoms with Crippen LogP contribution in [0.2, 0.25) is 0 Å². The summed E-state index contributed by atoms with van der Waals surface area (Å²) in [4.78, 5) is 4.20. The first-order chi connectivity index (χ1) is 7.33. The number of aryl methyl sites for hydroxylation is 1. The van der Waals surface area contributed by atoms with Crippen molar-refractivity contribution in [3.05, 3.63) is 48.0 Å². The van der Waals surface area contributed by atoms with Gasteiger partial charge in [0.25, 0.3) is 0 Å². The van der Waals surface area contributed by atoms with Crippen molar-refractivity contribution < 1.29 is 37.2 Å². The Morgan fingerprint density at radius 2 is 2.00 bits per heavy atom. The number of fused-ring (bicyclic) bond motifs is 1. The molecule has 2 aromatic rings. The van der Waals surface area contributed by atoms with Crippen molar-refractivity contribution in [2.24, 2.45) is 0 Å². The van der Waals surface area contributed by atoms with Gasteiger partial charge in [-0.3, -0.25) is 0 Å². The SMILES string of the molecule is Cc1nc(-c2ccc3c(c2)C[N-]C3)no1.[CH3-].[Y]. The molecule has 0 unspecified atom stereocenters. The molecule has 2 heterocycles. The van der Waals surface area contributed by atoms with Gasteiger partial charge >= 0.3 is 0 Å². The number of rotatable bonds is 1. The summed E-state index contributed by atoms with van der Waals surface area (Å²) >= 11 is 0. The molecular weight excluding hydrogens is 291 g/mol. The van der Waals surface area contributed by atoms with E-state index in [4.69, 9.17) is 4.52 Å². The summed E-state index contributed by atoms with van der Waals surface area (Å²) in [6, 6.07) is 6.20. The van der Waals surface area contributed by atoms with E-state index in [-0.39, 0.29) is 40.1 Å². The number of hydrogen-bond donors (Lipinski definition) is 0. The van der Waals surface area contributed by atoms with Crippen LogP contribution in [0.25, 0.3) is 16.7 Å². The molecule has 1 radical (unpaired) electrons. The predicted octanol–water partition coefficient (Wildman–Crippen LogP) is 2.88. The quantitative estimate of drug-likeness (QED) is 0.761. The van der Waals surface area contributed by atoms with Crippen LogP contribution in [0.3, 0.4) is 0 Å². The summed E-state index contributed by atoms with van der Waals surface area (Å²) in [6.45, 7) is 3.43. The van der Waals surface area contributed by atoms with Crippen LogP contribution in [-0.4, -0.2) is 10.1 Å². The van der Waals surface area contributed by atoms with Gasteiger partial charge in [0.1, 0.15) is 0 Å². The second-order valence-corrected chi connectivity index (χ2v) is 3.66. The van der Waals surface area contributed by atoms with E-state index >= 15 is 0 Å². The first kappa shape index (κ1) is 14.5. The van der Waals surface area contributed by atoms with Gasteiger partial charge in [0.2, 0.25) is 11.7 Å². The molecular formula is C12H13N3OY-2. The third-order valence-corrected chi connectivity index (χ3v) is 2.56. The van der Waals surface area contributed by atoms with E-state index in [1.165, 1.54) is 11.1 Å². The number of nitrogens with zero attached hydrogens (tertiary/aromatic N) is 3. The Morgan fingerprint density at radius 1 is 1.24 bits per heavy atom. The third kappa shape index (κ3) is 2.81. The minimum atomic E-state index is 0. The van der Waals surface area contributed by atoms with Crippen molar-refractivity contribution in [3.63, 3.8) is 0 Å². The Labute approximate surface area is 126 Å². The first-order valence-corrected chi connectivity index (χ1v) is 4.89. The fraction of sp³-hybridized carbons (Fsp3) is 0.250. The Kier molecular flexibility index (Phi) is 4.98. The summed E-state index contributed by atoms with van der Waals surface area (Å²) in [5, 5.41) is 8.22.